The van der Waals surface area contributed by atoms with Crippen LogP contribution < -0.4 is 10.9 Å². The summed E-state index contributed by atoms with van der Waals surface area (Å²) in [7, 11) is 0. The highest BCUT2D eigenvalue weighted by Gasteiger charge is 2.11. The minimum absolute atomic E-state index is 0.0955. The predicted octanol–water partition coefficient (Wildman–Crippen LogP) is 1.28. The van der Waals surface area contributed by atoms with Crippen molar-refractivity contribution in [2.45, 2.75) is 6.61 Å². The van der Waals surface area contributed by atoms with Crippen LogP contribution in [0.15, 0.2) is 40.8 Å². The number of carbonyl (C=O) groups is 2. The first-order valence-corrected chi connectivity index (χ1v) is 8.30. The van der Waals surface area contributed by atoms with Gasteiger partial charge in [0.25, 0.3) is 11.5 Å². The minimum atomic E-state index is -0.663. The van der Waals surface area contributed by atoms with Crippen LogP contribution in [0.4, 0.5) is 0 Å². The first-order chi connectivity index (χ1) is 12.0. The molecule has 0 aromatic carbocycles. The van der Waals surface area contributed by atoms with E-state index >= 15 is 0 Å². The number of hydrogen-bond donors (Lipinski definition) is 1. The molecule has 0 aliphatic carbocycles. The third kappa shape index (κ3) is 4.20. The number of amides is 1. The van der Waals surface area contributed by atoms with E-state index < -0.39 is 11.9 Å². The largest absolute Gasteiger partial charge is 0.458 e. The van der Waals surface area contributed by atoms with Crippen molar-refractivity contribution < 1.29 is 14.3 Å². The second kappa shape index (κ2) is 7.41. The molecule has 0 saturated carbocycles. The van der Waals surface area contributed by atoms with Crippen LogP contribution in [0.3, 0.4) is 0 Å². The number of pyridine rings is 1. The SMILES string of the molecule is O=C(CNC(=O)c1cc(Cl)ccn1)OCc1cc(=O)n2ccsc2n1. The van der Waals surface area contributed by atoms with Crippen molar-refractivity contribution in [2.24, 2.45) is 0 Å². The fourth-order valence-electron chi connectivity index (χ4n) is 1.94. The lowest BCUT2D eigenvalue weighted by atomic mass is 10.3. The van der Waals surface area contributed by atoms with Crippen molar-refractivity contribution in [3.8, 4) is 0 Å². The number of esters is 1. The number of ether oxygens (including phenoxy) is 1. The number of hydrogen-bond acceptors (Lipinski definition) is 7. The van der Waals surface area contributed by atoms with Gasteiger partial charge in [0.15, 0.2) is 4.96 Å². The molecule has 3 heterocycles. The van der Waals surface area contributed by atoms with Gasteiger partial charge in [-0.2, -0.15) is 0 Å². The summed E-state index contributed by atoms with van der Waals surface area (Å²) in [6.07, 6.45) is 3.00. The predicted molar refractivity (Wildman–Crippen MR) is 90.7 cm³/mol. The Morgan fingerprint density at radius 2 is 2.20 bits per heavy atom. The van der Waals surface area contributed by atoms with Gasteiger partial charge in [0.1, 0.15) is 18.8 Å². The van der Waals surface area contributed by atoms with E-state index in [0.29, 0.717) is 15.7 Å². The van der Waals surface area contributed by atoms with Gasteiger partial charge in [-0.1, -0.05) is 11.6 Å². The second-order valence-electron chi connectivity index (χ2n) is 4.84. The number of carbonyl (C=O) groups excluding carboxylic acids is 2. The monoisotopic (exact) mass is 378 g/mol. The molecule has 3 aromatic rings. The number of aromatic nitrogens is 3. The summed E-state index contributed by atoms with van der Waals surface area (Å²) < 4.78 is 6.41. The standard InChI is InChI=1S/C15H11ClN4O4S/c16-9-1-2-17-11(5-9)14(23)18-7-13(22)24-8-10-6-12(21)20-3-4-25-15(20)19-10/h1-6H,7-8H2,(H,18,23). The van der Waals surface area contributed by atoms with Crippen LogP contribution in [-0.4, -0.2) is 32.8 Å². The van der Waals surface area contributed by atoms with Crippen molar-refractivity contribution in [1.29, 1.82) is 0 Å². The molecule has 3 rings (SSSR count). The van der Waals surface area contributed by atoms with Gasteiger partial charge in [0.05, 0.1) is 5.69 Å². The lowest BCUT2D eigenvalue weighted by Gasteiger charge is -2.06. The number of halogens is 1. The molecule has 0 bridgehead atoms. The third-order valence-corrected chi connectivity index (χ3v) is 4.08. The molecule has 1 N–H and O–H groups in total. The summed E-state index contributed by atoms with van der Waals surface area (Å²) in [6, 6.07) is 4.21. The van der Waals surface area contributed by atoms with E-state index in [0.717, 1.165) is 0 Å². The van der Waals surface area contributed by atoms with E-state index in [1.54, 1.807) is 11.6 Å². The summed E-state index contributed by atoms with van der Waals surface area (Å²) >= 11 is 7.07. The van der Waals surface area contributed by atoms with Crippen LogP contribution in [0.2, 0.25) is 5.02 Å². The smallest absolute Gasteiger partial charge is 0.325 e. The van der Waals surface area contributed by atoms with E-state index in [4.69, 9.17) is 16.3 Å². The van der Waals surface area contributed by atoms with Gasteiger partial charge in [0, 0.05) is 28.9 Å². The second-order valence-corrected chi connectivity index (χ2v) is 6.15. The van der Waals surface area contributed by atoms with Crippen molar-refractivity contribution in [2.75, 3.05) is 6.54 Å². The Labute approximate surface area is 150 Å². The molecule has 0 spiro atoms. The Bertz CT molecular complexity index is 1000. The Hall–Kier alpha value is -2.78. The highest BCUT2D eigenvalue weighted by molar-refractivity contribution is 7.15. The van der Waals surface area contributed by atoms with E-state index in [-0.39, 0.29) is 24.4 Å². The van der Waals surface area contributed by atoms with E-state index in [2.05, 4.69) is 15.3 Å². The molecule has 25 heavy (non-hydrogen) atoms. The number of thiazole rings is 1. The summed E-state index contributed by atoms with van der Waals surface area (Å²) in [6.45, 7) is -0.499. The highest BCUT2D eigenvalue weighted by Crippen LogP contribution is 2.08. The molecule has 0 aliphatic heterocycles. The zero-order valence-corrected chi connectivity index (χ0v) is 14.2. The van der Waals surface area contributed by atoms with Crippen LogP contribution >= 0.6 is 22.9 Å². The molecule has 0 saturated heterocycles. The Morgan fingerprint density at radius 1 is 1.36 bits per heavy atom. The van der Waals surface area contributed by atoms with Gasteiger partial charge in [-0.15, -0.1) is 11.3 Å². The van der Waals surface area contributed by atoms with Crippen LogP contribution in [0.25, 0.3) is 4.96 Å². The van der Waals surface area contributed by atoms with E-state index in [9.17, 15) is 14.4 Å². The average Bonchev–Trinajstić information content (AvgIpc) is 3.07. The molecular weight excluding hydrogens is 368 g/mol. The fraction of sp³-hybridized carbons (Fsp3) is 0.133. The number of rotatable bonds is 5. The van der Waals surface area contributed by atoms with E-state index in [1.807, 2.05) is 0 Å². The van der Waals surface area contributed by atoms with Gasteiger partial charge in [0.2, 0.25) is 0 Å². The maximum absolute atomic E-state index is 11.8. The normalized spacial score (nSPS) is 10.6. The molecule has 0 fully saturated rings. The summed E-state index contributed by atoms with van der Waals surface area (Å²) in [5.74, 6) is -1.21. The quantitative estimate of drug-likeness (QED) is 0.671. The van der Waals surface area contributed by atoms with E-state index in [1.165, 1.54) is 40.1 Å². The topological polar surface area (TPSA) is 103 Å². The molecule has 0 unspecified atom stereocenters. The summed E-state index contributed by atoms with van der Waals surface area (Å²) in [5.41, 5.74) is 0.180. The van der Waals surface area contributed by atoms with Gasteiger partial charge in [-0.25, -0.2) is 4.98 Å². The maximum atomic E-state index is 11.8. The van der Waals surface area contributed by atoms with Crippen molar-refractivity contribution in [1.82, 2.24) is 19.7 Å². The number of nitrogens with zero attached hydrogens (tertiary/aromatic N) is 3. The first-order valence-electron chi connectivity index (χ1n) is 7.04. The van der Waals surface area contributed by atoms with Gasteiger partial charge >= 0.3 is 5.97 Å². The summed E-state index contributed by atoms with van der Waals surface area (Å²) in [4.78, 5) is 44.0. The van der Waals surface area contributed by atoms with Crippen LogP contribution in [0.5, 0.6) is 0 Å². The molecule has 3 aromatic heterocycles. The Kier molecular flexibility index (Phi) is 5.05. The van der Waals surface area contributed by atoms with Gasteiger partial charge < -0.3 is 10.1 Å². The highest BCUT2D eigenvalue weighted by atomic mass is 35.5. The van der Waals surface area contributed by atoms with Crippen LogP contribution in [0, 0.1) is 0 Å². The molecule has 0 atom stereocenters. The van der Waals surface area contributed by atoms with Gasteiger partial charge in [-0.3, -0.25) is 23.8 Å². The van der Waals surface area contributed by atoms with Gasteiger partial charge in [-0.05, 0) is 12.1 Å². The van der Waals surface area contributed by atoms with Crippen molar-refractivity contribution >= 4 is 39.8 Å². The van der Waals surface area contributed by atoms with Crippen molar-refractivity contribution in [3.05, 3.63) is 62.7 Å². The molecule has 128 valence electrons. The molecule has 0 aliphatic rings. The third-order valence-electron chi connectivity index (χ3n) is 3.09. The average molecular weight is 379 g/mol. The molecular formula is C15H11ClN4O4S. The number of fused-ring (bicyclic) bond motifs is 1. The zero-order valence-electron chi connectivity index (χ0n) is 12.6. The molecule has 8 nitrogen and oxygen atoms in total. The van der Waals surface area contributed by atoms with Crippen LogP contribution in [-0.2, 0) is 16.1 Å². The van der Waals surface area contributed by atoms with Crippen molar-refractivity contribution in [3.63, 3.8) is 0 Å². The lowest BCUT2D eigenvalue weighted by molar-refractivity contribution is -0.143. The Morgan fingerprint density at radius 3 is 3.00 bits per heavy atom. The molecule has 10 heteroatoms. The molecule has 1 amide bonds. The minimum Gasteiger partial charge on any atom is -0.458 e. The fourth-order valence-corrected chi connectivity index (χ4v) is 2.84. The Balaban J connectivity index is 1.54. The molecule has 0 radical (unpaired) electrons. The lowest BCUT2D eigenvalue weighted by Crippen LogP contribution is -2.31. The maximum Gasteiger partial charge on any atom is 0.325 e. The first kappa shape index (κ1) is 17.1. The number of nitrogens with one attached hydrogen (secondary N) is 1. The zero-order chi connectivity index (χ0) is 17.8. The summed E-state index contributed by atoms with van der Waals surface area (Å²) in [5, 5.41) is 4.48. The van der Waals surface area contributed by atoms with Crippen LogP contribution in [0.1, 0.15) is 16.2 Å².